The number of hydrogen-bond donors (Lipinski definition) is 2. The molecule has 0 radical (unpaired) electrons. The normalized spacial score (nSPS) is 9.47. The molecule has 0 aliphatic rings. The quantitative estimate of drug-likeness (QED) is 0.787. The Morgan fingerprint density at radius 3 is 2.53 bits per heavy atom. The number of benzene rings is 1. The van der Waals surface area contributed by atoms with Crippen LogP contribution < -0.4 is 10.6 Å². The van der Waals surface area contributed by atoms with Gasteiger partial charge in [-0.2, -0.15) is 0 Å². The van der Waals surface area contributed by atoms with Crippen molar-refractivity contribution in [2.75, 3.05) is 11.2 Å². The number of urea groups is 1. The summed E-state index contributed by atoms with van der Waals surface area (Å²) in [4.78, 5) is 21.9. The van der Waals surface area contributed by atoms with Crippen molar-refractivity contribution in [3.05, 3.63) is 29.3 Å². The minimum Gasteiger partial charge on any atom is -0.306 e. The van der Waals surface area contributed by atoms with E-state index in [0.717, 1.165) is 0 Å². The average molecular weight is 247 g/mol. The fourth-order valence-corrected chi connectivity index (χ4v) is 1.13. The van der Waals surface area contributed by atoms with Gasteiger partial charge in [0, 0.05) is 0 Å². The zero-order chi connectivity index (χ0) is 11.3. The van der Waals surface area contributed by atoms with E-state index >= 15 is 0 Å². The molecule has 0 spiro atoms. The summed E-state index contributed by atoms with van der Waals surface area (Å²) in [6, 6.07) is 6.03. The minimum absolute atomic E-state index is 0.268. The van der Waals surface area contributed by atoms with Crippen molar-refractivity contribution in [1.29, 1.82) is 0 Å². The smallest absolute Gasteiger partial charge is 0.306 e. The zero-order valence-electron chi connectivity index (χ0n) is 7.59. The van der Waals surface area contributed by atoms with Crippen LogP contribution in [0.3, 0.4) is 0 Å². The highest BCUT2D eigenvalue weighted by Gasteiger charge is 2.07. The Bertz CT molecular complexity index is 382. The van der Waals surface area contributed by atoms with Gasteiger partial charge in [-0.05, 0) is 12.1 Å². The third kappa shape index (κ3) is 3.77. The molecule has 0 heterocycles. The van der Waals surface area contributed by atoms with E-state index in [1.165, 1.54) is 0 Å². The predicted molar refractivity (Wildman–Crippen MR) is 59.3 cm³/mol. The first-order chi connectivity index (χ1) is 7.13. The molecule has 0 aliphatic carbocycles. The lowest BCUT2D eigenvalue weighted by molar-refractivity contribution is -0.117. The van der Waals surface area contributed by atoms with Crippen LogP contribution in [0.2, 0.25) is 5.02 Å². The summed E-state index contributed by atoms with van der Waals surface area (Å²) < 4.78 is 0. The molecule has 1 aromatic carbocycles. The lowest BCUT2D eigenvalue weighted by Gasteiger charge is -2.06. The highest BCUT2D eigenvalue weighted by molar-refractivity contribution is 6.34. The molecule has 0 saturated carbocycles. The van der Waals surface area contributed by atoms with Crippen molar-refractivity contribution in [3.8, 4) is 0 Å². The monoisotopic (exact) mass is 246 g/mol. The number of amides is 3. The molecule has 1 rings (SSSR count). The number of alkyl halides is 1. The second-order valence-corrected chi connectivity index (χ2v) is 3.29. The van der Waals surface area contributed by atoms with Crippen LogP contribution in [0.1, 0.15) is 0 Å². The Kier molecular flexibility index (Phi) is 4.39. The van der Waals surface area contributed by atoms with Crippen LogP contribution in [0, 0.1) is 0 Å². The molecular formula is C9H8Cl2N2O2. The molecule has 1 aromatic rings. The minimum atomic E-state index is -0.659. The maximum absolute atomic E-state index is 11.2. The summed E-state index contributed by atoms with van der Waals surface area (Å²) in [6.45, 7) is 0. The van der Waals surface area contributed by atoms with Gasteiger partial charge < -0.3 is 5.32 Å². The summed E-state index contributed by atoms with van der Waals surface area (Å²) in [5, 5.41) is 4.83. The Morgan fingerprint density at radius 2 is 1.93 bits per heavy atom. The topological polar surface area (TPSA) is 58.2 Å². The van der Waals surface area contributed by atoms with Gasteiger partial charge in [0.1, 0.15) is 5.88 Å². The number of anilines is 1. The molecule has 3 amide bonds. The first-order valence-electron chi connectivity index (χ1n) is 4.05. The highest BCUT2D eigenvalue weighted by atomic mass is 35.5. The number of carbonyl (C=O) groups is 2. The molecule has 80 valence electrons. The molecule has 6 heteroatoms. The molecule has 4 nitrogen and oxygen atoms in total. The number of halogens is 2. The van der Waals surface area contributed by atoms with Crippen LogP contribution in [-0.2, 0) is 4.79 Å². The van der Waals surface area contributed by atoms with Gasteiger partial charge in [0.2, 0.25) is 5.91 Å². The van der Waals surface area contributed by atoms with E-state index in [1.54, 1.807) is 24.3 Å². The molecule has 0 fully saturated rings. The van der Waals surface area contributed by atoms with E-state index in [-0.39, 0.29) is 5.88 Å². The van der Waals surface area contributed by atoms with E-state index in [2.05, 4.69) is 5.32 Å². The fraction of sp³-hybridized carbons (Fsp3) is 0.111. The van der Waals surface area contributed by atoms with Crippen LogP contribution >= 0.6 is 23.2 Å². The van der Waals surface area contributed by atoms with Gasteiger partial charge >= 0.3 is 6.03 Å². The second kappa shape index (κ2) is 5.58. The lowest BCUT2D eigenvalue weighted by Crippen LogP contribution is -2.35. The van der Waals surface area contributed by atoms with Crippen molar-refractivity contribution >= 4 is 40.8 Å². The SMILES string of the molecule is O=C(CCl)NC(=O)Nc1ccccc1Cl. The van der Waals surface area contributed by atoms with Crippen molar-refractivity contribution < 1.29 is 9.59 Å². The molecule has 0 aromatic heterocycles. The molecule has 0 atom stereocenters. The summed E-state index contributed by atoms with van der Waals surface area (Å²) in [5.74, 6) is -0.836. The van der Waals surface area contributed by atoms with Crippen LogP contribution in [0.15, 0.2) is 24.3 Å². The number of nitrogens with one attached hydrogen (secondary N) is 2. The van der Waals surface area contributed by atoms with Crippen molar-refractivity contribution in [1.82, 2.24) is 5.32 Å². The van der Waals surface area contributed by atoms with Crippen LogP contribution in [0.4, 0.5) is 10.5 Å². The van der Waals surface area contributed by atoms with Gasteiger partial charge in [-0.1, -0.05) is 23.7 Å². The van der Waals surface area contributed by atoms with Gasteiger partial charge in [0.05, 0.1) is 10.7 Å². The molecule has 2 N–H and O–H groups in total. The number of carbonyl (C=O) groups excluding carboxylic acids is 2. The largest absolute Gasteiger partial charge is 0.325 e. The maximum Gasteiger partial charge on any atom is 0.325 e. The van der Waals surface area contributed by atoms with Gasteiger partial charge in [-0.3, -0.25) is 10.1 Å². The first kappa shape index (κ1) is 11.8. The lowest BCUT2D eigenvalue weighted by atomic mass is 10.3. The van der Waals surface area contributed by atoms with Crippen molar-refractivity contribution in [3.63, 3.8) is 0 Å². The summed E-state index contributed by atoms with van der Waals surface area (Å²) in [7, 11) is 0. The molecular weight excluding hydrogens is 239 g/mol. The fourth-order valence-electron chi connectivity index (χ4n) is 0.876. The Labute approximate surface area is 96.6 Å². The standard InChI is InChI=1S/C9H8Cl2N2O2/c10-5-8(14)13-9(15)12-7-4-2-1-3-6(7)11/h1-4H,5H2,(H2,12,13,14,15). The third-order valence-corrected chi connectivity index (χ3v) is 2.07. The second-order valence-electron chi connectivity index (χ2n) is 2.62. The Hall–Kier alpha value is -1.26. The van der Waals surface area contributed by atoms with Gasteiger partial charge in [0.25, 0.3) is 0 Å². The van der Waals surface area contributed by atoms with E-state index < -0.39 is 11.9 Å². The van der Waals surface area contributed by atoms with Crippen molar-refractivity contribution in [2.24, 2.45) is 0 Å². The van der Waals surface area contributed by atoms with Gasteiger partial charge in [-0.25, -0.2) is 4.79 Å². The zero-order valence-corrected chi connectivity index (χ0v) is 9.10. The highest BCUT2D eigenvalue weighted by Crippen LogP contribution is 2.19. The summed E-state index contributed by atoms with van der Waals surface area (Å²) >= 11 is 11.0. The van der Waals surface area contributed by atoms with Crippen LogP contribution in [-0.4, -0.2) is 17.8 Å². The Morgan fingerprint density at radius 1 is 1.27 bits per heavy atom. The summed E-state index contributed by atoms with van der Waals surface area (Å²) in [5.41, 5.74) is 0.430. The molecule has 0 saturated heterocycles. The van der Waals surface area contributed by atoms with Gasteiger partial charge in [0.15, 0.2) is 0 Å². The van der Waals surface area contributed by atoms with Crippen molar-refractivity contribution in [2.45, 2.75) is 0 Å². The Balaban J connectivity index is 2.59. The van der Waals surface area contributed by atoms with E-state index in [0.29, 0.717) is 10.7 Å². The number of para-hydroxylation sites is 1. The van der Waals surface area contributed by atoms with Crippen LogP contribution in [0.25, 0.3) is 0 Å². The maximum atomic E-state index is 11.2. The van der Waals surface area contributed by atoms with E-state index in [1.807, 2.05) is 5.32 Å². The molecule has 15 heavy (non-hydrogen) atoms. The first-order valence-corrected chi connectivity index (χ1v) is 4.96. The number of imide groups is 1. The number of hydrogen-bond acceptors (Lipinski definition) is 2. The predicted octanol–water partition coefficient (Wildman–Crippen LogP) is 2.23. The summed E-state index contributed by atoms with van der Waals surface area (Å²) in [6.07, 6.45) is 0. The van der Waals surface area contributed by atoms with Gasteiger partial charge in [-0.15, -0.1) is 11.6 Å². The van der Waals surface area contributed by atoms with E-state index in [4.69, 9.17) is 23.2 Å². The molecule has 0 unspecified atom stereocenters. The van der Waals surface area contributed by atoms with Crippen LogP contribution in [0.5, 0.6) is 0 Å². The number of rotatable bonds is 2. The third-order valence-electron chi connectivity index (χ3n) is 1.50. The van der Waals surface area contributed by atoms with E-state index in [9.17, 15) is 9.59 Å². The molecule has 0 aliphatic heterocycles. The molecule has 0 bridgehead atoms. The average Bonchev–Trinajstić information content (AvgIpc) is 2.21.